The van der Waals surface area contributed by atoms with Crippen molar-refractivity contribution in [1.82, 2.24) is 5.32 Å². The maximum Gasteiger partial charge on any atom is 0.411 e. The largest absolute Gasteiger partial charge is 0.501 e. The third-order valence-electron chi connectivity index (χ3n) is 0.712. The third-order valence-corrected chi connectivity index (χ3v) is 0.712. The number of rotatable bonds is 3. The van der Waals surface area contributed by atoms with E-state index in [1.807, 2.05) is 0 Å². The van der Waals surface area contributed by atoms with E-state index in [9.17, 15) is 9.59 Å². The van der Waals surface area contributed by atoms with Gasteiger partial charge in [0.25, 0.3) is 5.91 Å². The summed E-state index contributed by atoms with van der Waals surface area (Å²) in [6.45, 7) is 2.19. The van der Waals surface area contributed by atoms with Crippen molar-refractivity contribution in [3.63, 3.8) is 0 Å². The maximum atomic E-state index is 10.5. The Morgan fingerprint density at radius 3 is 2.73 bits per heavy atom. The van der Waals surface area contributed by atoms with Gasteiger partial charge in [0.1, 0.15) is 0 Å². The molecule has 0 aromatic rings. The van der Waals surface area contributed by atoms with Crippen molar-refractivity contribution >= 4 is 12.0 Å². The van der Waals surface area contributed by atoms with Gasteiger partial charge in [0.05, 0.1) is 12.9 Å². The van der Waals surface area contributed by atoms with Crippen molar-refractivity contribution < 1.29 is 19.4 Å². The van der Waals surface area contributed by atoms with E-state index in [2.05, 4.69) is 4.74 Å². The Balaban J connectivity index is 3.60. The Hall–Kier alpha value is -1.52. The van der Waals surface area contributed by atoms with Crippen LogP contribution in [0.15, 0.2) is 12.3 Å². The fraction of sp³-hybridized carbons (Fsp3) is 0.333. The predicted octanol–water partition coefficient (Wildman–Crippen LogP) is 0.331. The smallest absolute Gasteiger partial charge is 0.411 e. The number of nitrogens with one attached hydrogen (secondary N) is 1. The zero-order valence-corrected chi connectivity index (χ0v) is 6.03. The molecule has 0 heterocycles. The van der Waals surface area contributed by atoms with Crippen molar-refractivity contribution in [1.29, 1.82) is 0 Å². The Morgan fingerprint density at radius 2 is 2.27 bits per heavy atom. The molecule has 2 amide bonds. The van der Waals surface area contributed by atoms with Crippen molar-refractivity contribution in [2.24, 2.45) is 0 Å². The second kappa shape index (κ2) is 5.28. The lowest BCUT2D eigenvalue weighted by molar-refractivity contribution is -0.115. The van der Waals surface area contributed by atoms with E-state index >= 15 is 0 Å². The van der Waals surface area contributed by atoms with E-state index < -0.39 is 12.0 Å². The molecular weight excluding hydrogens is 150 g/mol. The minimum Gasteiger partial charge on any atom is -0.501 e. The summed E-state index contributed by atoms with van der Waals surface area (Å²) in [5.41, 5.74) is 0. The fourth-order valence-corrected chi connectivity index (χ4v) is 0.353. The third kappa shape index (κ3) is 6.36. The number of carbonyl (C=O) groups excluding carboxylic acids is 1. The van der Waals surface area contributed by atoms with Gasteiger partial charge in [-0.1, -0.05) is 0 Å². The van der Waals surface area contributed by atoms with Gasteiger partial charge in [-0.05, 0) is 6.92 Å². The summed E-state index contributed by atoms with van der Waals surface area (Å²) >= 11 is 0. The molecule has 5 nitrogen and oxygen atoms in total. The van der Waals surface area contributed by atoms with E-state index in [0.29, 0.717) is 6.61 Å². The van der Waals surface area contributed by atoms with Crippen LogP contribution in [0.25, 0.3) is 0 Å². The van der Waals surface area contributed by atoms with Crippen LogP contribution >= 0.6 is 0 Å². The minimum atomic E-state index is -1.38. The number of carbonyl (C=O) groups is 2. The summed E-state index contributed by atoms with van der Waals surface area (Å²) in [6, 6.07) is 0. The maximum absolute atomic E-state index is 10.5. The molecule has 0 unspecified atom stereocenters. The number of hydrogen-bond acceptors (Lipinski definition) is 3. The average Bonchev–Trinajstić information content (AvgIpc) is 1.86. The molecule has 0 aliphatic heterocycles. The molecule has 0 atom stereocenters. The second-order valence-electron chi connectivity index (χ2n) is 1.55. The molecule has 0 rings (SSSR count). The number of hydrogen-bond donors (Lipinski definition) is 2. The molecule has 0 aromatic carbocycles. The number of ether oxygens (including phenoxy) is 1. The molecule has 0 fully saturated rings. The molecule has 0 bridgehead atoms. The van der Waals surface area contributed by atoms with Gasteiger partial charge in [0, 0.05) is 6.08 Å². The lowest BCUT2D eigenvalue weighted by atomic mass is 10.6. The molecular formula is C6H9NO4. The molecule has 0 radical (unpaired) electrons. The molecule has 0 saturated carbocycles. The van der Waals surface area contributed by atoms with E-state index in [1.165, 1.54) is 0 Å². The standard InChI is InChI=1S/C6H9NO4/c1-2-11-4-3-5(8)7-6(9)10/h3-4H,2H2,1H3,(H,7,8)(H,9,10)/b4-3+. The minimum absolute atomic E-state index is 0.441. The Kier molecular flexibility index (Phi) is 4.55. The SMILES string of the molecule is CCO/C=C/C(=O)NC(=O)O. The van der Waals surface area contributed by atoms with Crippen LogP contribution in [0.1, 0.15) is 6.92 Å². The van der Waals surface area contributed by atoms with Crippen molar-refractivity contribution in [3.8, 4) is 0 Å². The summed E-state index contributed by atoms with van der Waals surface area (Å²) < 4.78 is 4.65. The highest BCUT2D eigenvalue weighted by atomic mass is 16.5. The molecule has 5 heteroatoms. The average molecular weight is 159 g/mol. The first-order valence-corrected chi connectivity index (χ1v) is 2.99. The van der Waals surface area contributed by atoms with E-state index in [-0.39, 0.29) is 0 Å². The monoisotopic (exact) mass is 159 g/mol. The number of imide groups is 1. The van der Waals surface area contributed by atoms with Crippen LogP contribution in [0.5, 0.6) is 0 Å². The summed E-state index contributed by atoms with van der Waals surface area (Å²) in [4.78, 5) is 20.3. The number of carboxylic acid groups (broad SMARTS) is 1. The van der Waals surface area contributed by atoms with Crippen LogP contribution in [0.3, 0.4) is 0 Å². The molecule has 0 spiro atoms. The molecule has 0 aromatic heterocycles. The summed E-state index contributed by atoms with van der Waals surface area (Å²) in [6.07, 6.45) is 0.756. The molecule has 62 valence electrons. The Labute approximate surface area is 63.7 Å². The van der Waals surface area contributed by atoms with Gasteiger partial charge in [0.15, 0.2) is 0 Å². The van der Waals surface area contributed by atoms with Crippen LogP contribution in [-0.2, 0) is 9.53 Å². The van der Waals surface area contributed by atoms with E-state index in [1.54, 1.807) is 12.2 Å². The van der Waals surface area contributed by atoms with Crippen LogP contribution in [0.4, 0.5) is 4.79 Å². The van der Waals surface area contributed by atoms with Crippen LogP contribution in [0, 0.1) is 0 Å². The molecule has 0 aliphatic carbocycles. The Bertz CT molecular complexity index is 175. The Morgan fingerprint density at radius 1 is 1.64 bits per heavy atom. The first-order valence-electron chi connectivity index (χ1n) is 2.99. The zero-order chi connectivity index (χ0) is 8.69. The summed E-state index contributed by atoms with van der Waals surface area (Å²) in [5.74, 6) is -0.717. The van der Waals surface area contributed by atoms with Gasteiger partial charge >= 0.3 is 6.09 Å². The summed E-state index contributed by atoms with van der Waals surface area (Å²) in [7, 11) is 0. The normalized spacial score (nSPS) is 9.55. The molecule has 0 aliphatic rings. The van der Waals surface area contributed by atoms with E-state index in [0.717, 1.165) is 12.3 Å². The van der Waals surface area contributed by atoms with Crippen molar-refractivity contribution in [3.05, 3.63) is 12.3 Å². The zero-order valence-electron chi connectivity index (χ0n) is 6.03. The van der Waals surface area contributed by atoms with Gasteiger partial charge in [0.2, 0.25) is 0 Å². The van der Waals surface area contributed by atoms with Crippen molar-refractivity contribution in [2.75, 3.05) is 6.61 Å². The first kappa shape index (κ1) is 9.48. The second-order valence-corrected chi connectivity index (χ2v) is 1.55. The lowest BCUT2D eigenvalue weighted by Gasteiger charge is -1.93. The van der Waals surface area contributed by atoms with Gasteiger partial charge in [-0.15, -0.1) is 0 Å². The van der Waals surface area contributed by atoms with Gasteiger partial charge in [-0.3, -0.25) is 10.1 Å². The molecule has 11 heavy (non-hydrogen) atoms. The van der Waals surface area contributed by atoms with Crippen LogP contribution in [-0.4, -0.2) is 23.7 Å². The van der Waals surface area contributed by atoms with Crippen LogP contribution in [0.2, 0.25) is 0 Å². The van der Waals surface area contributed by atoms with Crippen molar-refractivity contribution in [2.45, 2.75) is 6.92 Å². The van der Waals surface area contributed by atoms with Gasteiger partial charge in [-0.2, -0.15) is 0 Å². The first-order chi connectivity index (χ1) is 5.16. The van der Waals surface area contributed by atoms with Gasteiger partial charge in [-0.25, -0.2) is 4.79 Å². The van der Waals surface area contributed by atoms with Crippen LogP contribution < -0.4 is 5.32 Å². The highest BCUT2D eigenvalue weighted by Crippen LogP contribution is 1.76. The highest BCUT2D eigenvalue weighted by Gasteiger charge is 1.98. The molecule has 0 saturated heterocycles. The van der Waals surface area contributed by atoms with Gasteiger partial charge < -0.3 is 9.84 Å². The summed E-state index contributed by atoms with van der Waals surface area (Å²) in [5, 5.41) is 9.65. The predicted molar refractivity (Wildman–Crippen MR) is 36.9 cm³/mol. The topological polar surface area (TPSA) is 75.6 Å². The lowest BCUT2D eigenvalue weighted by Crippen LogP contribution is -2.26. The highest BCUT2D eigenvalue weighted by molar-refractivity contribution is 5.97. The quantitative estimate of drug-likeness (QED) is 0.459. The van der Waals surface area contributed by atoms with E-state index in [4.69, 9.17) is 5.11 Å². The fourth-order valence-electron chi connectivity index (χ4n) is 0.353. The number of amides is 2. The molecule has 2 N–H and O–H groups in total.